The first-order chi connectivity index (χ1) is 8.00. The van der Waals surface area contributed by atoms with Gasteiger partial charge in [-0.15, -0.1) is 0 Å². The molecule has 1 aromatic heterocycles. The fraction of sp³-hybridized carbons (Fsp3) is 0.444. The van der Waals surface area contributed by atoms with Crippen LogP contribution in [0.5, 0.6) is 0 Å². The zero-order valence-corrected chi connectivity index (χ0v) is 9.09. The molecule has 2 atom stereocenters. The third kappa shape index (κ3) is 4.21. The maximum atomic E-state index is 11.5. The molecule has 0 saturated carbocycles. The number of nitrogens with zero attached hydrogens (tertiary/aromatic N) is 1. The highest BCUT2D eigenvalue weighted by atomic mass is 16.4. The van der Waals surface area contributed by atoms with E-state index < -0.39 is 24.0 Å². The predicted octanol–water partition coefficient (Wildman–Crippen LogP) is -2.19. The molecule has 8 heteroatoms. The number of carboxylic acids is 1. The van der Waals surface area contributed by atoms with Gasteiger partial charge in [0, 0.05) is 24.9 Å². The Morgan fingerprint density at radius 3 is 2.71 bits per heavy atom. The second-order valence-electron chi connectivity index (χ2n) is 3.58. The minimum Gasteiger partial charge on any atom is -0.480 e. The number of aromatic nitrogens is 2. The summed E-state index contributed by atoms with van der Waals surface area (Å²) in [5.74, 6) is -1.62. The van der Waals surface area contributed by atoms with Gasteiger partial charge in [-0.25, -0.2) is 4.98 Å². The zero-order chi connectivity index (χ0) is 12.8. The van der Waals surface area contributed by atoms with Gasteiger partial charge < -0.3 is 26.9 Å². The normalized spacial score (nSPS) is 14.0. The van der Waals surface area contributed by atoms with Gasteiger partial charge in [0.1, 0.15) is 6.04 Å². The second-order valence-corrected chi connectivity index (χ2v) is 3.58. The summed E-state index contributed by atoms with van der Waals surface area (Å²) in [7, 11) is 0. The molecule has 0 spiro atoms. The summed E-state index contributed by atoms with van der Waals surface area (Å²) in [6.07, 6.45) is 3.35. The molecule has 1 amide bonds. The molecule has 17 heavy (non-hydrogen) atoms. The van der Waals surface area contributed by atoms with Crippen molar-refractivity contribution in [2.24, 2.45) is 11.5 Å². The van der Waals surface area contributed by atoms with Crippen LogP contribution in [0.15, 0.2) is 12.5 Å². The maximum Gasteiger partial charge on any atom is 0.322 e. The molecular formula is C9H15N5O3. The van der Waals surface area contributed by atoms with Crippen LogP contribution in [0.3, 0.4) is 0 Å². The Hall–Kier alpha value is -1.93. The van der Waals surface area contributed by atoms with Gasteiger partial charge >= 0.3 is 5.97 Å². The number of carbonyl (C=O) groups excluding carboxylic acids is 1. The number of aliphatic carboxylic acids is 1. The van der Waals surface area contributed by atoms with E-state index in [1.165, 1.54) is 6.33 Å². The number of carbonyl (C=O) groups is 2. The molecule has 0 bridgehead atoms. The molecule has 0 radical (unpaired) electrons. The molecule has 0 aliphatic rings. The summed E-state index contributed by atoms with van der Waals surface area (Å²) in [5.41, 5.74) is 11.6. The summed E-state index contributed by atoms with van der Waals surface area (Å²) in [6, 6.07) is -1.89. The molecule has 0 aliphatic heterocycles. The number of imidazole rings is 1. The van der Waals surface area contributed by atoms with Crippen LogP contribution in [-0.2, 0) is 16.0 Å². The van der Waals surface area contributed by atoms with E-state index in [1.54, 1.807) is 6.20 Å². The monoisotopic (exact) mass is 241 g/mol. The number of nitrogens with one attached hydrogen (secondary N) is 2. The van der Waals surface area contributed by atoms with Crippen LogP contribution in [0.1, 0.15) is 5.69 Å². The van der Waals surface area contributed by atoms with Crippen LogP contribution in [-0.4, -0.2) is 45.6 Å². The third-order valence-corrected chi connectivity index (χ3v) is 2.14. The SMILES string of the molecule is N[C@@H](CNC(=O)[C@@H](N)Cc1cnc[nH]1)C(=O)O. The molecule has 0 aliphatic carbocycles. The van der Waals surface area contributed by atoms with Crippen molar-refractivity contribution in [1.29, 1.82) is 0 Å². The largest absolute Gasteiger partial charge is 0.480 e. The van der Waals surface area contributed by atoms with E-state index in [9.17, 15) is 9.59 Å². The Kier molecular flexibility index (Phi) is 4.61. The first-order valence-corrected chi connectivity index (χ1v) is 4.99. The highest BCUT2D eigenvalue weighted by Gasteiger charge is 2.17. The smallest absolute Gasteiger partial charge is 0.322 e. The number of aromatic amines is 1. The Morgan fingerprint density at radius 2 is 2.18 bits per heavy atom. The van der Waals surface area contributed by atoms with Crippen molar-refractivity contribution < 1.29 is 14.7 Å². The van der Waals surface area contributed by atoms with E-state index in [4.69, 9.17) is 16.6 Å². The average molecular weight is 241 g/mol. The van der Waals surface area contributed by atoms with Crippen molar-refractivity contribution in [1.82, 2.24) is 15.3 Å². The van der Waals surface area contributed by atoms with Crippen LogP contribution in [0.4, 0.5) is 0 Å². The van der Waals surface area contributed by atoms with Gasteiger partial charge in [-0.2, -0.15) is 0 Å². The maximum absolute atomic E-state index is 11.5. The Morgan fingerprint density at radius 1 is 1.47 bits per heavy atom. The van der Waals surface area contributed by atoms with Crippen LogP contribution in [0, 0.1) is 0 Å². The highest BCUT2D eigenvalue weighted by molar-refractivity contribution is 5.82. The topological polar surface area (TPSA) is 147 Å². The van der Waals surface area contributed by atoms with Crippen molar-refractivity contribution in [3.63, 3.8) is 0 Å². The minimum absolute atomic E-state index is 0.148. The van der Waals surface area contributed by atoms with Crippen molar-refractivity contribution in [2.75, 3.05) is 6.54 Å². The van der Waals surface area contributed by atoms with Gasteiger partial charge in [-0.05, 0) is 0 Å². The summed E-state index contributed by atoms with van der Waals surface area (Å²) in [5, 5.41) is 10.9. The molecule has 0 saturated heterocycles. The summed E-state index contributed by atoms with van der Waals surface area (Å²) < 4.78 is 0. The number of rotatable bonds is 6. The number of hydrogen-bond acceptors (Lipinski definition) is 5. The molecular weight excluding hydrogens is 226 g/mol. The fourth-order valence-corrected chi connectivity index (χ4v) is 1.15. The molecule has 0 aromatic carbocycles. The van der Waals surface area contributed by atoms with Crippen LogP contribution in [0.25, 0.3) is 0 Å². The van der Waals surface area contributed by atoms with Crippen LogP contribution >= 0.6 is 0 Å². The lowest BCUT2D eigenvalue weighted by Crippen LogP contribution is -2.48. The summed E-state index contributed by atoms with van der Waals surface area (Å²) in [6.45, 7) is -0.148. The predicted molar refractivity (Wildman–Crippen MR) is 58.9 cm³/mol. The first kappa shape index (κ1) is 13.1. The summed E-state index contributed by atoms with van der Waals surface area (Å²) >= 11 is 0. The lowest BCUT2D eigenvalue weighted by molar-refractivity contribution is -0.138. The van der Waals surface area contributed by atoms with E-state index in [0.717, 1.165) is 5.69 Å². The van der Waals surface area contributed by atoms with Gasteiger partial charge in [0.15, 0.2) is 0 Å². The van der Waals surface area contributed by atoms with Crippen molar-refractivity contribution in [2.45, 2.75) is 18.5 Å². The van der Waals surface area contributed by atoms with Crippen molar-refractivity contribution in [3.8, 4) is 0 Å². The lowest BCUT2D eigenvalue weighted by Gasteiger charge is -2.12. The van der Waals surface area contributed by atoms with Gasteiger partial charge in [0.2, 0.25) is 5.91 Å². The zero-order valence-electron chi connectivity index (χ0n) is 9.09. The highest BCUT2D eigenvalue weighted by Crippen LogP contribution is 1.96. The number of hydrogen-bond donors (Lipinski definition) is 5. The van der Waals surface area contributed by atoms with Crippen LogP contribution in [0.2, 0.25) is 0 Å². The number of amides is 1. The molecule has 1 heterocycles. The second kappa shape index (κ2) is 5.97. The molecule has 7 N–H and O–H groups in total. The van der Waals surface area contributed by atoms with E-state index in [0.29, 0.717) is 6.42 Å². The minimum atomic E-state index is -1.17. The molecule has 0 fully saturated rings. The third-order valence-electron chi connectivity index (χ3n) is 2.14. The van der Waals surface area contributed by atoms with Gasteiger partial charge in [-0.1, -0.05) is 0 Å². The fourth-order valence-electron chi connectivity index (χ4n) is 1.15. The number of H-pyrrole nitrogens is 1. The van der Waals surface area contributed by atoms with Crippen molar-refractivity contribution in [3.05, 3.63) is 18.2 Å². The first-order valence-electron chi connectivity index (χ1n) is 4.99. The quantitative estimate of drug-likeness (QED) is 0.382. The Bertz CT molecular complexity index is 378. The molecule has 8 nitrogen and oxygen atoms in total. The summed E-state index contributed by atoms with van der Waals surface area (Å²) in [4.78, 5) is 28.5. The molecule has 0 unspecified atom stereocenters. The van der Waals surface area contributed by atoms with E-state index >= 15 is 0 Å². The molecule has 94 valence electrons. The lowest BCUT2D eigenvalue weighted by atomic mass is 10.1. The molecule has 1 aromatic rings. The number of nitrogens with two attached hydrogens (primary N) is 2. The van der Waals surface area contributed by atoms with E-state index in [-0.39, 0.29) is 6.54 Å². The average Bonchev–Trinajstić information content (AvgIpc) is 2.77. The van der Waals surface area contributed by atoms with Gasteiger partial charge in [-0.3, -0.25) is 9.59 Å². The Balaban J connectivity index is 2.34. The van der Waals surface area contributed by atoms with Crippen molar-refractivity contribution >= 4 is 11.9 Å². The number of carboxylic acid groups (broad SMARTS) is 1. The van der Waals surface area contributed by atoms with Gasteiger partial charge in [0.05, 0.1) is 12.4 Å². The van der Waals surface area contributed by atoms with E-state index in [2.05, 4.69) is 15.3 Å². The Labute approximate surface area is 97.4 Å². The van der Waals surface area contributed by atoms with E-state index in [1.807, 2.05) is 0 Å². The van der Waals surface area contributed by atoms with Gasteiger partial charge in [0.25, 0.3) is 0 Å². The molecule has 1 rings (SSSR count). The standard InChI is InChI=1S/C9H15N5O3/c10-6(1-5-2-12-4-14-5)8(15)13-3-7(11)9(16)17/h2,4,6-7H,1,3,10-11H2,(H,12,14)(H,13,15)(H,16,17)/t6-,7-/m0/s1. The van der Waals surface area contributed by atoms with Crippen LogP contribution < -0.4 is 16.8 Å².